The van der Waals surface area contributed by atoms with Crippen molar-refractivity contribution in [2.24, 2.45) is 0 Å². The lowest BCUT2D eigenvalue weighted by Gasteiger charge is -2.35. The molecular weight excluding hydrogens is 198 g/mol. The third kappa shape index (κ3) is 1.94. The van der Waals surface area contributed by atoms with Gasteiger partial charge in [-0.05, 0) is 39.7 Å². The Bertz CT molecular complexity index is 371. The number of aliphatic hydroxyl groups is 1. The second kappa shape index (κ2) is 4.10. The van der Waals surface area contributed by atoms with Crippen molar-refractivity contribution in [2.75, 3.05) is 11.4 Å². The van der Waals surface area contributed by atoms with Gasteiger partial charge in [-0.25, -0.2) is 0 Å². The summed E-state index contributed by atoms with van der Waals surface area (Å²) in [6.07, 6.45) is 2.06. The van der Waals surface area contributed by atoms with E-state index in [-0.39, 0.29) is 5.54 Å². The number of rotatable bonds is 2. The van der Waals surface area contributed by atoms with Crippen molar-refractivity contribution in [3.63, 3.8) is 0 Å². The van der Waals surface area contributed by atoms with Gasteiger partial charge in [0, 0.05) is 23.3 Å². The Balaban J connectivity index is 2.40. The van der Waals surface area contributed by atoms with Gasteiger partial charge in [0.1, 0.15) is 0 Å². The fourth-order valence-electron chi connectivity index (χ4n) is 2.64. The maximum absolute atomic E-state index is 9.81. The third-order valence-electron chi connectivity index (χ3n) is 3.58. The molecule has 2 rings (SSSR count). The second-order valence-electron chi connectivity index (χ2n) is 5.30. The molecule has 0 unspecified atom stereocenters. The van der Waals surface area contributed by atoms with E-state index in [1.54, 1.807) is 0 Å². The van der Waals surface area contributed by atoms with Crippen LogP contribution in [0.3, 0.4) is 0 Å². The Labute approximate surface area is 97.9 Å². The van der Waals surface area contributed by atoms with Crippen molar-refractivity contribution >= 4 is 5.69 Å². The van der Waals surface area contributed by atoms with Crippen LogP contribution in [0.1, 0.15) is 45.3 Å². The molecule has 2 heteroatoms. The van der Waals surface area contributed by atoms with Crippen LogP contribution in [0, 0.1) is 0 Å². The summed E-state index contributed by atoms with van der Waals surface area (Å²) in [6, 6.07) is 8.19. The molecule has 1 atom stereocenters. The summed E-state index contributed by atoms with van der Waals surface area (Å²) in [5, 5.41) is 9.81. The second-order valence-corrected chi connectivity index (χ2v) is 5.30. The maximum atomic E-state index is 9.81. The lowest BCUT2D eigenvalue weighted by molar-refractivity contribution is 0.199. The highest BCUT2D eigenvalue weighted by molar-refractivity contribution is 5.57. The van der Waals surface area contributed by atoms with Crippen molar-refractivity contribution in [3.05, 3.63) is 29.8 Å². The molecule has 1 aromatic rings. The number of para-hydroxylation sites is 1. The van der Waals surface area contributed by atoms with Crippen molar-refractivity contribution in [1.82, 2.24) is 0 Å². The molecule has 1 heterocycles. The van der Waals surface area contributed by atoms with Crippen LogP contribution in [-0.2, 0) is 0 Å². The summed E-state index contributed by atoms with van der Waals surface area (Å²) in [5.74, 6) is 0. The van der Waals surface area contributed by atoms with Crippen LogP contribution in [0.4, 0.5) is 5.69 Å². The molecule has 16 heavy (non-hydrogen) atoms. The maximum Gasteiger partial charge on any atom is 0.0781 e. The van der Waals surface area contributed by atoms with E-state index >= 15 is 0 Å². The van der Waals surface area contributed by atoms with Gasteiger partial charge in [-0.3, -0.25) is 0 Å². The van der Waals surface area contributed by atoms with Crippen LogP contribution in [-0.4, -0.2) is 17.2 Å². The molecular formula is C14H21NO. The van der Waals surface area contributed by atoms with E-state index in [0.29, 0.717) is 0 Å². The van der Waals surface area contributed by atoms with Crippen molar-refractivity contribution < 1.29 is 5.11 Å². The molecule has 0 radical (unpaired) electrons. The van der Waals surface area contributed by atoms with Gasteiger partial charge in [-0.1, -0.05) is 18.2 Å². The topological polar surface area (TPSA) is 23.5 Å². The average molecular weight is 219 g/mol. The summed E-state index contributed by atoms with van der Waals surface area (Å²) >= 11 is 0. The number of nitrogens with zero attached hydrogens (tertiary/aromatic N) is 1. The molecule has 0 saturated carbocycles. The smallest absolute Gasteiger partial charge is 0.0781 e. The molecule has 1 aliphatic heterocycles. The minimum atomic E-state index is -0.396. The first-order valence-electron chi connectivity index (χ1n) is 6.07. The van der Waals surface area contributed by atoms with E-state index in [9.17, 15) is 5.11 Å². The predicted octanol–water partition coefficient (Wildman–Crippen LogP) is 3.12. The minimum absolute atomic E-state index is 0.213. The van der Waals surface area contributed by atoms with E-state index in [0.717, 1.165) is 12.1 Å². The quantitative estimate of drug-likeness (QED) is 0.826. The van der Waals surface area contributed by atoms with Crippen molar-refractivity contribution in [2.45, 2.75) is 45.3 Å². The predicted molar refractivity (Wildman–Crippen MR) is 67.7 cm³/mol. The van der Waals surface area contributed by atoms with Crippen LogP contribution < -0.4 is 4.90 Å². The normalized spacial score (nSPS) is 21.1. The Morgan fingerprint density at radius 2 is 2.00 bits per heavy atom. The van der Waals surface area contributed by atoms with Gasteiger partial charge in [0.05, 0.1) is 6.10 Å². The van der Waals surface area contributed by atoms with Crippen LogP contribution in [0.2, 0.25) is 0 Å². The Kier molecular flexibility index (Phi) is 2.94. The van der Waals surface area contributed by atoms with E-state index < -0.39 is 6.10 Å². The zero-order valence-corrected chi connectivity index (χ0v) is 10.4. The van der Waals surface area contributed by atoms with Crippen LogP contribution in [0.25, 0.3) is 0 Å². The fraction of sp³-hybridized carbons (Fsp3) is 0.571. The molecule has 0 amide bonds. The van der Waals surface area contributed by atoms with Crippen molar-refractivity contribution in [1.29, 1.82) is 0 Å². The molecule has 88 valence electrons. The zero-order chi connectivity index (χ0) is 11.8. The van der Waals surface area contributed by atoms with Gasteiger partial charge in [0.15, 0.2) is 0 Å². The number of hydrogen-bond acceptors (Lipinski definition) is 2. The molecule has 1 saturated heterocycles. The molecule has 2 nitrogen and oxygen atoms in total. The highest BCUT2D eigenvalue weighted by Gasteiger charge is 2.33. The van der Waals surface area contributed by atoms with E-state index in [1.165, 1.54) is 18.5 Å². The molecule has 0 aliphatic carbocycles. The van der Waals surface area contributed by atoms with E-state index in [1.807, 2.05) is 19.1 Å². The van der Waals surface area contributed by atoms with Crippen LogP contribution >= 0.6 is 0 Å². The third-order valence-corrected chi connectivity index (χ3v) is 3.58. The first-order chi connectivity index (χ1) is 7.52. The molecule has 1 fully saturated rings. The fourth-order valence-corrected chi connectivity index (χ4v) is 2.64. The largest absolute Gasteiger partial charge is 0.389 e. The molecule has 0 aromatic heterocycles. The number of benzene rings is 1. The van der Waals surface area contributed by atoms with Gasteiger partial charge in [0.2, 0.25) is 0 Å². The summed E-state index contributed by atoms with van der Waals surface area (Å²) in [4.78, 5) is 2.43. The Morgan fingerprint density at radius 3 is 2.56 bits per heavy atom. The summed E-state index contributed by atoms with van der Waals surface area (Å²) in [7, 11) is 0. The minimum Gasteiger partial charge on any atom is -0.389 e. The van der Waals surface area contributed by atoms with Gasteiger partial charge in [-0.2, -0.15) is 0 Å². The lowest BCUT2D eigenvalue weighted by Crippen LogP contribution is -2.38. The van der Waals surface area contributed by atoms with Gasteiger partial charge >= 0.3 is 0 Å². The summed E-state index contributed by atoms with van der Waals surface area (Å²) in [6.45, 7) is 7.48. The highest BCUT2D eigenvalue weighted by atomic mass is 16.3. The Morgan fingerprint density at radius 1 is 1.31 bits per heavy atom. The monoisotopic (exact) mass is 219 g/mol. The average Bonchev–Trinajstić information content (AvgIpc) is 2.58. The summed E-state index contributed by atoms with van der Waals surface area (Å²) < 4.78 is 0. The first kappa shape index (κ1) is 11.5. The van der Waals surface area contributed by atoms with Crippen molar-refractivity contribution in [3.8, 4) is 0 Å². The number of hydrogen-bond donors (Lipinski definition) is 1. The van der Waals surface area contributed by atoms with Crippen LogP contribution in [0.15, 0.2) is 24.3 Å². The summed E-state index contributed by atoms with van der Waals surface area (Å²) in [5.41, 5.74) is 2.45. The van der Waals surface area contributed by atoms with E-state index in [4.69, 9.17) is 0 Å². The van der Waals surface area contributed by atoms with Crippen LogP contribution in [0.5, 0.6) is 0 Å². The zero-order valence-electron chi connectivity index (χ0n) is 10.4. The van der Waals surface area contributed by atoms with E-state index in [2.05, 4.69) is 30.9 Å². The Hall–Kier alpha value is -1.02. The SMILES string of the molecule is C[C@H](O)c1ccccc1N1CCCC1(C)C. The molecule has 0 bridgehead atoms. The highest BCUT2D eigenvalue weighted by Crippen LogP contribution is 2.37. The standard InChI is InChI=1S/C14H21NO/c1-11(16)12-7-4-5-8-13(12)15-10-6-9-14(15,2)3/h4-5,7-8,11,16H,6,9-10H2,1-3H3/t11-/m0/s1. The van der Waals surface area contributed by atoms with Gasteiger partial charge in [-0.15, -0.1) is 0 Å². The first-order valence-corrected chi connectivity index (χ1v) is 6.07. The molecule has 1 aliphatic rings. The molecule has 0 spiro atoms. The van der Waals surface area contributed by atoms with Gasteiger partial charge < -0.3 is 10.0 Å². The van der Waals surface area contributed by atoms with Gasteiger partial charge in [0.25, 0.3) is 0 Å². The lowest BCUT2D eigenvalue weighted by atomic mass is 9.99. The number of aliphatic hydroxyl groups excluding tert-OH is 1. The molecule has 1 aromatic carbocycles. The number of anilines is 1. The molecule has 1 N–H and O–H groups in total.